The summed E-state index contributed by atoms with van der Waals surface area (Å²) in [6.45, 7) is 3.48. The molecule has 0 heterocycles. The Hall–Kier alpha value is -0.550. The molecule has 5 heteroatoms. The van der Waals surface area contributed by atoms with Crippen LogP contribution < -0.4 is 5.73 Å². The summed E-state index contributed by atoms with van der Waals surface area (Å²) in [7, 11) is 1.29. The fourth-order valence-electron chi connectivity index (χ4n) is 0.371. The molecule has 0 aliphatic heterocycles. The van der Waals surface area contributed by atoms with Gasteiger partial charge in [0, 0.05) is 10.4 Å². The molecule has 0 aliphatic carbocycles. The number of thiol groups is 1. The molecule has 11 heavy (non-hydrogen) atoms. The normalized spacial score (nSPS) is 10.9. The van der Waals surface area contributed by atoms with Crippen molar-refractivity contribution in [2.24, 2.45) is 5.73 Å². The molecule has 0 aliphatic rings. The highest BCUT2D eigenvalue weighted by atomic mass is 32.2. The third-order valence-corrected chi connectivity index (χ3v) is 1.80. The zero-order valence-electron chi connectivity index (χ0n) is 6.03. The number of thioether (sulfide) groups is 1. The van der Waals surface area contributed by atoms with Crippen molar-refractivity contribution in [3.63, 3.8) is 0 Å². The van der Waals surface area contributed by atoms with Crippen molar-refractivity contribution in [3.8, 4) is 0 Å². The molecular weight excluding hydrogens is 182 g/mol. The minimum atomic E-state index is -0.479. The number of hydrogen-bond acceptors (Lipinski definition) is 5. The van der Waals surface area contributed by atoms with Gasteiger partial charge in [-0.25, -0.2) is 4.79 Å². The molecule has 0 amide bonds. The van der Waals surface area contributed by atoms with Gasteiger partial charge in [-0.15, -0.1) is 12.6 Å². The number of esters is 1. The zero-order chi connectivity index (χ0) is 8.85. The van der Waals surface area contributed by atoms with Crippen molar-refractivity contribution in [3.05, 3.63) is 21.9 Å². The summed E-state index contributed by atoms with van der Waals surface area (Å²) in [6, 6.07) is 0. The van der Waals surface area contributed by atoms with E-state index in [9.17, 15) is 4.79 Å². The molecule has 3 nitrogen and oxygen atoms in total. The maximum absolute atomic E-state index is 10.8. The first-order chi connectivity index (χ1) is 5.11. The van der Waals surface area contributed by atoms with Crippen molar-refractivity contribution in [1.29, 1.82) is 0 Å². The predicted molar refractivity (Wildman–Crippen MR) is 50.0 cm³/mol. The molecule has 0 aromatic heterocycles. The highest BCUT2D eigenvalue weighted by Gasteiger charge is 2.09. The van der Waals surface area contributed by atoms with Crippen molar-refractivity contribution in [1.82, 2.24) is 0 Å². The van der Waals surface area contributed by atoms with Crippen LogP contribution in [0.3, 0.4) is 0 Å². The zero-order valence-corrected chi connectivity index (χ0v) is 7.74. The van der Waals surface area contributed by atoms with E-state index in [1.54, 1.807) is 0 Å². The second-order valence-corrected chi connectivity index (χ2v) is 3.50. The Morgan fingerprint density at radius 2 is 2.36 bits per heavy atom. The van der Waals surface area contributed by atoms with E-state index in [-0.39, 0.29) is 4.91 Å². The number of ether oxygens (including phenoxy) is 1. The van der Waals surface area contributed by atoms with Crippen LogP contribution in [0.25, 0.3) is 0 Å². The van der Waals surface area contributed by atoms with Gasteiger partial charge in [0.25, 0.3) is 0 Å². The van der Waals surface area contributed by atoms with Crippen LogP contribution in [-0.2, 0) is 9.53 Å². The number of methoxy groups -OCH3 is 1. The lowest BCUT2D eigenvalue weighted by Crippen LogP contribution is -2.03. The van der Waals surface area contributed by atoms with Gasteiger partial charge in [0.2, 0.25) is 0 Å². The lowest BCUT2D eigenvalue weighted by molar-refractivity contribution is -0.135. The van der Waals surface area contributed by atoms with Crippen LogP contribution >= 0.6 is 24.4 Å². The predicted octanol–water partition coefficient (Wildman–Crippen LogP) is 1.09. The van der Waals surface area contributed by atoms with Crippen molar-refractivity contribution in [2.45, 2.75) is 0 Å². The molecule has 62 valence electrons. The first-order valence-corrected chi connectivity index (χ1v) is 3.94. The summed E-state index contributed by atoms with van der Waals surface area (Å²) in [6.07, 6.45) is 1.16. The fourth-order valence-corrected chi connectivity index (χ4v) is 1.15. The van der Waals surface area contributed by atoms with Crippen LogP contribution in [0.2, 0.25) is 0 Å². The summed E-state index contributed by atoms with van der Waals surface area (Å²) < 4.78 is 4.91. The number of carbonyl (C=O) groups is 1. The van der Waals surface area contributed by atoms with Gasteiger partial charge in [0.15, 0.2) is 0 Å². The first kappa shape index (κ1) is 10.4. The van der Waals surface area contributed by atoms with E-state index >= 15 is 0 Å². The van der Waals surface area contributed by atoms with E-state index < -0.39 is 5.97 Å². The molecular formula is C6H9NO2S2. The second-order valence-electron chi connectivity index (χ2n) is 1.52. The molecule has 0 fully saturated rings. The van der Waals surface area contributed by atoms with Gasteiger partial charge in [-0.3, -0.25) is 0 Å². The molecule has 0 aromatic rings. The number of rotatable bonds is 3. The van der Waals surface area contributed by atoms with Crippen LogP contribution in [0.1, 0.15) is 0 Å². The molecule has 0 saturated heterocycles. The summed E-state index contributed by atoms with van der Waals surface area (Å²) in [4.78, 5) is 11.1. The van der Waals surface area contributed by atoms with Crippen molar-refractivity contribution < 1.29 is 9.53 Å². The Morgan fingerprint density at radius 3 is 2.64 bits per heavy atom. The fraction of sp³-hybridized carbons (Fsp3) is 0.167. The highest BCUT2D eigenvalue weighted by molar-refractivity contribution is 8.18. The molecule has 0 aromatic carbocycles. The Kier molecular flexibility index (Phi) is 4.89. The Balaban J connectivity index is 4.20. The topological polar surface area (TPSA) is 52.3 Å². The average molecular weight is 191 g/mol. The molecule has 0 atom stereocenters. The van der Waals surface area contributed by atoms with Crippen molar-refractivity contribution >= 4 is 30.4 Å². The maximum Gasteiger partial charge on any atom is 0.346 e. The lowest BCUT2D eigenvalue weighted by Gasteiger charge is -2.01. The first-order valence-electron chi connectivity index (χ1n) is 2.67. The SMILES string of the molecule is C=C(S)S/C(=C\N)C(=O)OC. The van der Waals surface area contributed by atoms with E-state index in [1.165, 1.54) is 7.11 Å². The van der Waals surface area contributed by atoms with E-state index in [2.05, 4.69) is 23.9 Å². The summed E-state index contributed by atoms with van der Waals surface area (Å²) >= 11 is 4.95. The monoisotopic (exact) mass is 191 g/mol. The van der Waals surface area contributed by atoms with Crippen LogP contribution in [-0.4, -0.2) is 13.1 Å². The van der Waals surface area contributed by atoms with Gasteiger partial charge < -0.3 is 10.5 Å². The smallest absolute Gasteiger partial charge is 0.346 e. The summed E-state index contributed by atoms with van der Waals surface area (Å²) in [5.74, 6) is -0.479. The third kappa shape index (κ3) is 4.00. The molecule has 0 bridgehead atoms. The Labute approximate surface area is 75.1 Å². The van der Waals surface area contributed by atoms with Gasteiger partial charge in [-0.2, -0.15) is 0 Å². The highest BCUT2D eigenvalue weighted by Crippen LogP contribution is 2.26. The maximum atomic E-state index is 10.8. The van der Waals surface area contributed by atoms with E-state index in [4.69, 9.17) is 5.73 Å². The van der Waals surface area contributed by atoms with Crippen LogP contribution in [0.5, 0.6) is 0 Å². The second kappa shape index (κ2) is 5.15. The van der Waals surface area contributed by atoms with Crippen LogP contribution in [0.4, 0.5) is 0 Å². The molecule has 0 saturated carbocycles. The third-order valence-electron chi connectivity index (χ3n) is 0.766. The Morgan fingerprint density at radius 1 is 1.82 bits per heavy atom. The summed E-state index contributed by atoms with van der Waals surface area (Å²) in [5, 5.41) is 0. The van der Waals surface area contributed by atoms with Crippen molar-refractivity contribution in [2.75, 3.05) is 7.11 Å². The van der Waals surface area contributed by atoms with E-state index in [0.717, 1.165) is 18.0 Å². The molecule has 0 spiro atoms. The lowest BCUT2D eigenvalue weighted by atomic mass is 10.6. The summed E-state index contributed by atoms with van der Waals surface area (Å²) in [5.41, 5.74) is 5.14. The largest absolute Gasteiger partial charge is 0.465 e. The molecule has 0 radical (unpaired) electrons. The van der Waals surface area contributed by atoms with Gasteiger partial charge in [0.1, 0.15) is 4.91 Å². The van der Waals surface area contributed by atoms with Gasteiger partial charge in [-0.05, 0) is 0 Å². The van der Waals surface area contributed by atoms with Crippen LogP contribution in [0, 0.1) is 0 Å². The molecule has 2 N–H and O–H groups in total. The number of nitrogens with two attached hydrogens (primary N) is 1. The standard InChI is InChI=1S/C6H9NO2S2/c1-4(10)11-5(3-7)6(8)9-2/h3,10H,1,7H2,2H3/b5-3-. The average Bonchev–Trinajstić information content (AvgIpc) is 1.98. The van der Waals surface area contributed by atoms with E-state index in [1.807, 2.05) is 0 Å². The van der Waals surface area contributed by atoms with Crippen LogP contribution in [0.15, 0.2) is 21.9 Å². The van der Waals surface area contributed by atoms with Gasteiger partial charge in [0.05, 0.1) is 7.11 Å². The molecule has 0 rings (SSSR count). The molecule has 0 unspecified atom stereocenters. The number of carbonyl (C=O) groups excluding carboxylic acids is 1. The van der Waals surface area contributed by atoms with Gasteiger partial charge in [-0.1, -0.05) is 18.3 Å². The Bertz CT molecular complexity index is 201. The number of hydrogen-bond donors (Lipinski definition) is 2. The van der Waals surface area contributed by atoms with Gasteiger partial charge >= 0.3 is 5.97 Å². The van der Waals surface area contributed by atoms with E-state index in [0.29, 0.717) is 4.24 Å². The minimum absolute atomic E-state index is 0.285. The quantitative estimate of drug-likeness (QED) is 0.398. The minimum Gasteiger partial charge on any atom is -0.465 e.